The average molecular weight is 153 g/mol. The van der Waals surface area contributed by atoms with Gasteiger partial charge in [0.1, 0.15) is 7.85 Å². The van der Waals surface area contributed by atoms with Crippen LogP contribution >= 0.6 is 0 Å². The Balaban J connectivity index is 2.99. The fourth-order valence-electron chi connectivity index (χ4n) is 0.896. The van der Waals surface area contributed by atoms with Crippen molar-refractivity contribution in [1.29, 1.82) is 5.26 Å². The Morgan fingerprint density at radius 3 is 2.83 bits per heavy atom. The molecule has 56 valence electrons. The number of allylic oxidation sites excluding steroid dienone is 1. The van der Waals surface area contributed by atoms with Crippen molar-refractivity contribution in [2.45, 2.75) is 6.92 Å². The van der Waals surface area contributed by atoms with Gasteiger partial charge < -0.3 is 0 Å². The highest BCUT2D eigenvalue weighted by Gasteiger charge is 1.91. The van der Waals surface area contributed by atoms with Crippen LogP contribution < -0.4 is 5.46 Å². The van der Waals surface area contributed by atoms with Gasteiger partial charge in [-0.3, -0.25) is 0 Å². The zero-order chi connectivity index (χ0) is 8.97. The second-order valence-electron chi connectivity index (χ2n) is 2.58. The van der Waals surface area contributed by atoms with E-state index in [9.17, 15) is 0 Å². The fraction of sp³-hybridized carbons (Fsp3) is 0.100. The molecule has 0 aliphatic rings. The summed E-state index contributed by atoms with van der Waals surface area (Å²) < 4.78 is 0. The smallest absolute Gasteiger partial charge is 0.114 e. The first-order chi connectivity index (χ1) is 5.74. The first-order valence-corrected chi connectivity index (χ1v) is 3.66. The van der Waals surface area contributed by atoms with Gasteiger partial charge in [-0.2, -0.15) is 5.26 Å². The van der Waals surface area contributed by atoms with Crippen LogP contribution in [0.5, 0.6) is 0 Å². The van der Waals surface area contributed by atoms with E-state index in [-0.39, 0.29) is 0 Å². The van der Waals surface area contributed by atoms with Crippen molar-refractivity contribution in [3.05, 3.63) is 35.4 Å². The summed E-state index contributed by atoms with van der Waals surface area (Å²) in [4.78, 5) is 0. The summed E-state index contributed by atoms with van der Waals surface area (Å²) >= 11 is 0. The van der Waals surface area contributed by atoms with Crippen molar-refractivity contribution in [2.75, 3.05) is 0 Å². The maximum Gasteiger partial charge on any atom is 0.114 e. The first kappa shape index (κ1) is 8.61. The number of rotatable bonds is 1. The van der Waals surface area contributed by atoms with E-state index in [2.05, 4.69) is 0 Å². The highest BCUT2D eigenvalue weighted by Crippen LogP contribution is 2.01. The summed E-state index contributed by atoms with van der Waals surface area (Å²) in [6, 6.07) is 7.65. The number of nitrogens with zero attached hydrogens (tertiary/aromatic N) is 1. The van der Waals surface area contributed by atoms with Crippen LogP contribution in [0.2, 0.25) is 0 Å². The molecule has 1 aromatic carbocycles. The Hall–Kier alpha value is -1.49. The van der Waals surface area contributed by atoms with Gasteiger partial charge in [0.25, 0.3) is 0 Å². The monoisotopic (exact) mass is 153 g/mol. The SMILES string of the molecule is [B]c1cc(/C=C/C#N)ccc1C. The molecule has 0 saturated carbocycles. The van der Waals surface area contributed by atoms with E-state index in [4.69, 9.17) is 13.1 Å². The minimum Gasteiger partial charge on any atom is -0.193 e. The lowest BCUT2D eigenvalue weighted by atomic mass is 9.89. The minimum absolute atomic E-state index is 0.759. The van der Waals surface area contributed by atoms with Crippen LogP contribution in [-0.2, 0) is 0 Å². The van der Waals surface area contributed by atoms with E-state index in [1.54, 1.807) is 6.08 Å². The lowest BCUT2D eigenvalue weighted by Gasteiger charge is -2.00. The van der Waals surface area contributed by atoms with E-state index in [0.717, 1.165) is 16.6 Å². The maximum absolute atomic E-state index is 8.28. The van der Waals surface area contributed by atoms with Gasteiger partial charge in [0.2, 0.25) is 0 Å². The van der Waals surface area contributed by atoms with Crippen LogP contribution in [0, 0.1) is 18.3 Å². The first-order valence-electron chi connectivity index (χ1n) is 3.66. The number of benzene rings is 1. The van der Waals surface area contributed by atoms with Crippen LogP contribution in [0.1, 0.15) is 11.1 Å². The van der Waals surface area contributed by atoms with E-state index >= 15 is 0 Å². The Bertz CT molecular complexity index is 347. The van der Waals surface area contributed by atoms with Gasteiger partial charge in [-0.25, -0.2) is 0 Å². The molecule has 0 saturated heterocycles. The Labute approximate surface area is 73.7 Å². The van der Waals surface area contributed by atoms with Gasteiger partial charge in [0.15, 0.2) is 0 Å². The molecule has 0 aromatic heterocycles. The molecule has 1 rings (SSSR count). The molecule has 0 aliphatic heterocycles. The summed E-state index contributed by atoms with van der Waals surface area (Å²) in [7, 11) is 5.68. The quantitative estimate of drug-likeness (QED) is 0.441. The number of hydrogen-bond donors (Lipinski definition) is 0. The van der Waals surface area contributed by atoms with Crippen LogP contribution in [0.25, 0.3) is 6.08 Å². The van der Waals surface area contributed by atoms with Crippen molar-refractivity contribution in [2.24, 2.45) is 0 Å². The van der Waals surface area contributed by atoms with Crippen LogP contribution in [0.4, 0.5) is 0 Å². The summed E-state index contributed by atoms with van der Waals surface area (Å²) in [5, 5.41) is 8.28. The average Bonchev–Trinajstić information content (AvgIpc) is 2.07. The molecular formula is C10H8BN. The molecule has 0 spiro atoms. The largest absolute Gasteiger partial charge is 0.193 e. The minimum atomic E-state index is 0.759. The third-order valence-electron chi connectivity index (χ3n) is 1.65. The molecule has 0 atom stereocenters. The maximum atomic E-state index is 8.28. The second kappa shape index (κ2) is 3.78. The summed E-state index contributed by atoms with van der Waals surface area (Å²) in [5.74, 6) is 0. The molecular weight excluding hydrogens is 145 g/mol. The van der Waals surface area contributed by atoms with Gasteiger partial charge in [-0.1, -0.05) is 29.2 Å². The van der Waals surface area contributed by atoms with Crippen LogP contribution in [-0.4, -0.2) is 7.85 Å². The Morgan fingerprint density at radius 2 is 2.25 bits per heavy atom. The van der Waals surface area contributed by atoms with Gasteiger partial charge in [0.05, 0.1) is 6.07 Å². The topological polar surface area (TPSA) is 23.8 Å². The molecule has 0 amide bonds. The molecule has 2 heteroatoms. The lowest BCUT2D eigenvalue weighted by molar-refractivity contribution is 1.50. The van der Waals surface area contributed by atoms with E-state index in [1.807, 2.05) is 31.2 Å². The summed E-state index contributed by atoms with van der Waals surface area (Å²) in [6.07, 6.45) is 3.17. The summed E-state index contributed by atoms with van der Waals surface area (Å²) in [5.41, 5.74) is 2.78. The van der Waals surface area contributed by atoms with E-state index in [0.29, 0.717) is 0 Å². The van der Waals surface area contributed by atoms with Crippen molar-refractivity contribution >= 4 is 19.4 Å². The lowest BCUT2D eigenvalue weighted by Crippen LogP contribution is -2.06. The van der Waals surface area contributed by atoms with E-state index in [1.165, 1.54) is 6.08 Å². The molecule has 0 N–H and O–H groups in total. The molecule has 0 heterocycles. The van der Waals surface area contributed by atoms with Crippen molar-refractivity contribution in [3.8, 4) is 6.07 Å². The number of hydrogen-bond acceptors (Lipinski definition) is 1. The van der Waals surface area contributed by atoms with Gasteiger partial charge in [-0.05, 0) is 18.6 Å². The van der Waals surface area contributed by atoms with Gasteiger partial charge in [0, 0.05) is 6.08 Å². The molecule has 12 heavy (non-hydrogen) atoms. The van der Waals surface area contributed by atoms with Crippen LogP contribution in [0.15, 0.2) is 24.3 Å². The molecule has 0 aliphatic carbocycles. The predicted molar refractivity (Wildman–Crippen MR) is 51.2 cm³/mol. The van der Waals surface area contributed by atoms with Crippen molar-refractivity contribution < 1.29 is 0 Å². The third kappa shape index (κ3) is 2.00. The zero-order valence-electron chi connectivity index (χ0n) is 6.91. The third-order valence-corrected chi connectivity index (χ3v) is 1.65. The van der Waals surface area contributed by atoms with Gasteiger partial charge in [-0.15, -0.1) is 0 Å². The molecule has 0 fully saturated rings. The van der Waals surface area contributed by atoms with Crippen molar-refractivity contribution in [3.63, 3.8) is 0 Å². The highest BCUT2D eigenvalue weighted by molar-refractivity contribution is 6.33. The molecule has 0 unspecified atom stereocenters. The standard InChI is InChI=1S/C10H8BN/c1-8-4-5-9(3-2-6-12)7-10(8)11/h2-5,7H,1H3/b3-2+. The van der Waals surface area contributed by atoms with E-state index < -0.39 is 0 Å². The zero-order valence-corrected chi connectivity index (χ0v) is 6.91. The van der Waals surface area contributed by atoms with Gasteiger partial charge >= 0.3 is 0 Å². The molecule has 2 radical (unpaired) electrons. The Kier molecular flexibility index (Phi) is 2.71. The predicted octanol–water partition coefficient (Wildman–Crippen LogP) is 1.33. The molecule has 1 nitrogen and oxygen atoms in total. The second-order valence-corrected chi connectivity index (χ2v) is 2.58. The van der Waals surface area contributed by atoms with Crippen LogP contribution in [0.3, 0.4) is 0 Å². The fourth-order valence-corrected chi connectivity index (χ4v) is 0.896. The highest BCUT2D eigenvalue weighted by atomic mass is 14.2. The molecule has 1 aromatic rings. The Morgan fingerprint density at radius 1 is 1.50 bits per heavy atom. The number of nitriles is 1. The summed E-state index contributed by atoms with van der Waals surface area (Å²) in [6.45, 7) is 1.95. The normalized spacial score (nSPS) is 10.0. The van der Waals surface area contributed by atoms with Crippen molar-refractivity contribution in [1.82, 2.24) is 0 Å². The molecule has 0 bridgehead atoms. The number of aryl methyl sites for hydroxylation is 1.